The van der Waals surface area contributed by atoms with E-state index in [1.165, 1.54) is 16.9 Å². The van der Waals surface area contributed by atoms with Crippen molar-refractivity contribution in [2.75, 3.05) is 11.9 Å². The fourth-order valence-electron chi connectivity index (χ4n) is 2.50. The topological polar surface area (TPSA) is 51.2 Å². The molecule has 4 nitrogen and oxygen atoms in total. The molecule has 1 amide bonds. The van der Waals surface area contributed by atoms with Gasteiger partial charge < -0.3 is 4.74 Å². The number of hydrogen-bond acceptors (Lipinski definition) is 4. The zero-order valence-electron chi connectivity index (χ0n) is 14.9. The Hall–Kier alpha value is -2.66. The molecule has 1 aromatic heterocycles. The maximum atomic E-state index is 12.0. The highest BCUT2D eigenvalue weighted by Gasteiger charge is 2.10. The molecule has 0 saturated carbocycles. The van der Waals surface area contributed by atoms with E-state index in [4.69, 9.17) is 4.74 Å². The largest absolute Gasteiger partial charge is 0.484 e. The second kappa shape index (κ2) is 8.63. The predicted octanol–water partition coefficient (Wildman–Crippen LogP) is 5.34. The lowest BCUT2D eigenvalue weighted by molar-refractivity contribution is -0.118. The van der Waals surface area contributed by atoms with Gasteiger partial charge in [0.1, 0.15) is 5.75 Å². The van der Waals surface area contributed by atoms with Gasteiger partial charge in [-0.3, -0.25) is 10.1 Å². The van der Waals surface area contributed by atoms with Crippen molar-refractivity contribution >= 4 is 22.4 Å². The molecule has 0 fully saturated rings. The van der Waals surface area contributed by atoms with Gasteiger partial charge >= 0.3 is 0 Å². The highest BCUT2D eigenvalue weighted by atomic mass is 32.1. The zero-order valence-corrected chi connectivity index (χ0v) is 15.8. The summed E-state index contributed by atoms with van der Waals surface area (Å²) in [5.74, 6) is 1.00. The van der Waals surface area contributed by atoms with Crippen molar-refractivity contribution in [3.8, 4) is 17.0 Å². The van der Waals surface area contributed by atoms with Gasteiger partial charge in [-0.05, 0) is 30.0 Å². The van der Waals surface area contributed by atoms with Crippen LogP contribution in [0.1, 0.15) is 31.7 Å². The quantitative estimate of drug-likeness (QED) is 0.614. The van der Waals surface area contributed by atoms with Crippen LogP contribution in [0.5, 0.6) is 5.75 Å². The second-order valence-corrected chi connectivity index (χ2v) is 6.98. The molecule has 1 N–H and O–H groups in total. The van der Waals surface area contributed by atoms with E-state index in [2.05, 4.69) is 48.4 Å². The molecule has 0 aliphatic carbocycles. The number of anilines is 1. The lowest BCUT2D eigenvalue weighted by atomic mass is 9.97. The van der Waals surface area contributed by atoms with E-state index in [0.29, 0.717) is 16.8 Å². The van der Waals surface area contributed by atoms with Crippen LogP contribution in [0.25, 0.3) is 11.3 Å². The van der Waals surface area contributed by atoms with Gasteiger partial charge in [-0.1, -0.05) is 56.3 Å². The number of para-hydroxylation sites is 1. The van der Waals surface area contributed by atoms with Gasteiger partial charge in [0.25, 0.3) is 5.91 Å². The molecule has 134 valence electrons. The maximum absolute atomic E-state index is 12.0. The van der Waals surface area contributed by atoms with E-state index in [1.54, 1.807) is 0 Å². The van der Waals surface area contributed by atoms with Gasteiger partial charge in [-0.15, -0.1) is 11.3 Å². The molecule has 1 atom stereocenters. The smallest absolute Gasteiger partial charge is 0.264 e. The molecular weight excluding hydrogens is 344 g/mol. The standard InChI is InChI=1S/C21H22N2O2S/c1-3-15(2)16-9-11-17(12-10-16)19-14-26-21(22-19)23-20(24)13-25-18-7-5-4-6-8-18/h4-12,14-15H,3,13H2,1-2H3,(H,22,23,24). The first-order valence-electron chi connectivity index (χ1n) is 8.69. The maximum Gasteiger partial charge on any atom is 0.264 e. The van der Waals surface area contributed by atoms with Crippen molar-refractivity contribution in [1.82, 2.24) is 4.98 Å². The van der Waals surface area contributed by atoms with E-state index in [-0.39, 0.29) is 12.5 Å². The monoisotopic (exact) mass is 366 g/mol. The number of carbonyl (C=O) groups is 1. The first-order chi connectivity index (χ1) is 12.7. The molecule has 0 radical (unpaired) electrons. The van der Waals surface area contributed by atoms with Gasteiger partial charge in [-0.2, -0.15) is 0 Å². The van der Waals surface area contributed by atoms with Crippen LogP contribution >= 0.6 is 11.3 Å². The van der Waals surface area contributed by atoms with Crippen LogP contribution in [0, 0.1) is 0 Å². The Balaban J connectivity index is 1.58. The molecule has 1 unspecified atom stereocenters. The first-order valence-corrected chi connectivity index (χ1v) is 9.57. The van der Waals surface area contributed by atoms with E-state index < -0.39 is 0 Å². The summed E-state index contributed by atoms with van der Waals surface area (Å²) < 4.78 is 5.44. The molecule has 0 aliphatic rings. The number of carbonyl (C=O) groups excluding carboxylic acids is 1. The van der Waals surface area contributed by atoms with Crippen molar-refractivity contribution in [2.45, 2.75) is 26.2 Å². The predicted molar refractivity (Wildman–Crippen MR) is 107 cm³/mol. The molecule has 0 aliphatic heterocycles. The summed E-state index contributed by atoms with van der Waals surface area (Å²) in [5.41, 5.74) is 3.25. The molecule has 3 aromatic rings. The van der Waals surface area contributed by atoms with Crippen LogP contribution < -0.4 is 10.1 Å². The summed E-state index contributed by atoms with van der Waals surface area (Å²) >= 11 is 1.41. The van der Waals surface area contributed by atoms with Crippen LogP contribution in [0.3, 0.4) is 0 Å². The Morgan fingerprint density at radius 3 is 2.58 bits per heavy atom. The van der Waals surface area contributed by atoms with E-state index in [9.17, 15) is 4.79 Å². The lowest BCUT2D eigenvalue weighted by Crippen LogP contribution is -2.19. The molecular formula is C21H22N2O2S. The highest BCUT2D eigenvalue weighted by molar-refractivity contribution is 7.14. The van der Waals surface area contributed by atoms with Gasteiger partial charge in [0.05, 0.1) is 5.69 Å². The van der Waals surface area contributed by atoms with Crippen LogP contribution in [-0.4, -0.2) is 17.5 Å². The summed E-state index contributed by atoms with van der Waals surface area (Å²) in [6.45, 7) is 4.38. The average Bonchev–Trinajstić information content (AvgIpc) is 3.15. The zero-order chi connectivity index (χ0) is 18.4. The minimum absolute atomic E-state index is 0.0392. The van der Waals surface area contributed by atoms with E-state index in [1.807, 2.05) is 35.7 Å². The Morgan fingerprint density at radius 1 is 1.15 bits per heavy atom. The first kappa shape index (κ1) is 18.1. The summed E-state index contributed by atoms with van der Waals surface area (Å²) in [7, 11) is 0. The number of thiazole rings is 1. The van der Waals surface area contributed by atoms with Gasteiger partial charge in [0, 0.05) is 10.9 Å². The molecule has 2 aromatic carbocycles. The number of aromatic nitrogens is 1. The van der Waals surface area contributed by atoms with Gasteiger partial charge in [0.15, 0.2) is 11.7 Å². The third kappa shape index (κ3) is 4.70. The minimum atomic E-state index is -0.220. The fourth-order valence-corrected chi connectivity index (χ4v) is 3.24. The SMILES string of the molecule is CCC(C)c1ccc(-c2csc(NC(=O)COc3ccccc3)n2)cc1. The molecule has 5 heteroatoms. The summed E-state index contributed by atoms with van der Waals surface area (Å²) in [6, 6.07) is 17.7. The van der Waals surface area contributed by atoms with Crippen LogP contribution in [0.4, 0.5) is 5.13 Å². The van der Waals surface area contributed by atoms with Crippen LogP contribution in [-0.2, 0) is 4.79 Å². The van der Waals surface area contributed by atoms with Gasteiger partial charge in [-0.25, -0.2) is 4.98 Å². The summed E-state index contributed by atoms with van der Waals surface area (Å²) in [6.07, 6.45) is 1.12. The third-order valence-electron chi connectivity index (χ3n) is 4.25. The van der Waals surface area contributed by atoms with Crippen molar-refractivity contribution in [1.29, 1.82) is 0 Å². The Bertz CT molecular complexity index is 844. The number of benzene rings is 2. The average molecular weight is 366 g/mol. The van der Waals surface area contributed by atoms with Gasteiger partial charge in [0.2, 0.25) is 0 Å². The van der Waals surface area contributed by atoms with Crippen molar-refractivity contribution in [3.05, 3.63) is 65.5 Å². The Labute approximate surface area is 157 Å². The number of hydrogen-bond donors (Lipinski definition) is 1. The Kier molecular flexibility index (Phi) is 6.02. The lowest BCUT2D eigenvalue weighted by Gasteiger charge is -2.09. The molecule has 3 rings (SSSR count). The minimum Gasteiger partial charge on any atom is -0.484 e. The number of ether oxygens (including phenoxy) is 1. The van der Waals surface area contributed by atoms with Crippen LogP contribution in [0.2, 0.25) is 0 Å². The number of nitrogens with one attached hydrogen (secondary N) is 1. The number of rotatable bonds is 7. The van der Waals surface area contributed by atoms with Crippen LogP contribution in [0.15, 0.2) is 60.0 Å². The number of amides is 1. The van der Waals surface area contributed by atoms with E-state index >= 15 is 0 Å². The molecule has 0 bridgehead atoms. The van der Waals surface area contributed by atoms with E-state index in [0.717, 1.165) is 17.7 Å². The highest BCUT2D eigenvalue weighted by Crippen LogP contribution is 2.27. The second-order valence-electron chi connectivity index (χ2n) is 6.12. The third-order valence-corrected chi connectivity index (χ3v) is 5.01. The summed E-state index contributed by atoms with van der Waals surface area (Å²) in [5, 5.41) is 5.31. The van der Waals surface area contributed by atoms with Crippen molar-refractivity contribution in [3.63, 3.8) is 0 Å². The van der Waals surface area contributed by atoms with Crippen molar-refractivity contribution in [2.24, 2.45) is 0 Å². The molecule has 1 heterocycles. The molecule has 26 heavy (non-hydrogen) atoms. The normalized spacial score (nSPS) is 11.8. The number of nitrogens with zero attached hydrogens (tertiary/aromatic N) is 1. The molecule has 0 spiro atoms. The fraction of sp³-hybridized carbons (Fsp3) is 0.238. The summed E-state index contributed by atoms with van der Waals surface area (Å²) in [4.78, 5) is 16.5. The Morgan fingerprint density at radius 2 is 1.88 bits per heavy atom. The molecule has 0 saturated heterocycles. The van der Waals surface area contributed by atoms with Crippen molar-refractivity contribution < 1.29 is 9.53 Å².